The number of nitrogens with zero attached hydrogens (tertiary/aromatic N) is 3. The molecule has 32 heavy (non-hydrogen) atoms. The zero-order valence-electron chi connectivity index (χ0n) is 18.5. The number of aromatic nitrogens is 2. The zero-order chi connectivity index (χ0) is 22.9. The lowest BCUT2D eigenvalue weighted by molar-refractivity contribution is 0.102. The van der Waals surface area contributed by atoms with Crippen molar-refractivity contribution in [2.24, 2.45) is 5.92 Å². The van der Waals surface area contributed by atoms with Gasteiger partial charge in [-0.05, 0) is 69.4 Å². The SMILES string of the molecule is CCN(c1ccccc1)S(=O)(=O)c1cc(C(=O)Nc2ccnn2[C@H](C)C2CC2)ccc1C. The van der Waals surface area contributed by atoms with Crippen molar-refractivity contribution in [1.82, 2.24) is 9.78 Å². The molecule has 0 radical (unpaired) electrons. The van der Waals surface area contributed by atoms with Gasteiger partial charge < -0.3 is 5.32 Å². The van der Waals surface area contributed by atoms with Crippen LogP contribution < -0.4 is 9.62 Å². The number of anilines is 2. The molecule has 168 valence electrons. The first-order valence-electron chi connectivity index (χ1n) is 10.9. The van der Waals surface area contributed by atoms with Gasteiger partial charge in [0.1, 0.15) is 5.82 Å². The van der Waals surface area contributed by atoms with Crippen LogP contribution in [-0.2, 0) is 10.0 Å². The van der Waals surface area contributed by atoms with E-state index in [-0.39, 0.29) is 29.0 Å². The van der Waals surface area contributed by atoms with Crippen LogP contribution in [0.1, 0.15) is 48.7 Å². The summed E-state index contributed by atoms with van der Waals surface area (Å²) in [5.41, 5.74) is 1.45. The molecular formula is C24H28N4O3S. The predicted molar refractivity (Wildman–Crippen MR) is 125 cm³/mol. The maximum atomic E-state index is 13.5. The highest BCUT2D eigenvalue weighted by molar-refractivity contribution is 7.92. The highest BCUT2D eigenvalue weighted by atomic mass is 32.2. The molecule has 1 aliphatic carbocycles. The van der Waals surface area contributed by atoms with Crippen molar-refractivity contribution >= 4 is 27.4 Å². The molecule has 1 atom stereocenters. The van der Waals surface area contributed by atoms with Gasteiger partial charge in [-0.25, -0.2) is 13.1 Å². The van der Waals surface area contributed by atoms with Crippen LogP contribution in [0.25, 0.3) is 0 Å². The predicted octanol–water partition coefficient (Wildman–Crippen LogP) is 4.63. The van der Waals surface area contributed by atoms with E-state index in [1.165, 1.54) is 23.2 Å². The number of aryl methyl sites for hydroxylation is 1. The van der Waals surface area contributed by atoms with E-state index >= 15 is 0 Å². The fourth-order valence-corrected chi connectivity index (χ4v) is 5.66. The third-order valence-corrected chi connectivity index (χ3v) is 8.00. The van der Waals surface area contributed by atoms with Crippen molar-refractivity contribution in [2.75, 3.05) is 16.2 Å². The Morgan fingerprint density at radius 1 is 1.19 bits per heavy atom. The van der Waals surface area contributed by atoms with Crippen molar-refractivity contribution in [3.63, 3.8) is 0 Å². The van der Waals surface area contributed by atoms with Crippen molar-refractivity contribution < 1.29 is 13.2 Å². The summed E-state index contributed by atoms with van der Waals surface area (Å²) in [6.07, 6.45) is 4.00. The Morgan fingerprint density at radius 3 is 2.56 bits per heavy atom. The van der Waals surface area contributed by atoms with E-state index in [2.05, 4.69) is 17.3 Å². The summed E-state index contributed by atoms with van der Waals surface area (Å²) in [6.45, 7) is 5.90. The Labute approximate surface area is 189 Å². The molecule has 0 aliphatic heterocycles. The van der Waals surface area contributed by atoms with Gasteiger partial charge in [0.2, 0.25) is 0 Å². The minimum absolute atomic E-state index is 0.121. The lowest BCUT2D eigenvalue weighted by atomic mass is 10.1. The molecule has 1 N–H and O–H groups in total. The van der Waals surface area contributed by atoms with Gasteiger partial charge in [-0.1, -0.05) is 24.3 Å². The highest BCUT2D eigenvalue weighted by Gasteiger charge is 2.31. The van der Waals surface area contributed by atoms with Gasteiger partial charge in [0, 0.05) is 18.2 Å². The van der Waals surface area contributed by atoms with E-state index in [1.807, 2.05) is 10.7 Å². The average Bonchev–Trinajstić information content (AvgIpc) is 3.53. The first-order chi connectivity index (χ1) is 15.3. The Morgan fingerprint density at radius 2 is 1.91 bits per heavy atom. The molecule has 2 aromatic carbocycles. The van der Waals surface area contributed by atoms with E-state index in [0.29, 0.717) is 23.0 Å². The Balaban J connectivity index is 1.63. The third-order valence-electron chi connectivity index (χ3n) is 5.95. The molecule has 1 amide bonds. The minimum Gasteiger partial charge on any atom is -0.307 e. The molecule has 1 saturated carbocycles. The smallest absolute Gasteiger partial charge is 0.264 e. The van der Waals surface area contributed by atoms with Gasteiger partial charge in [0.25, 0.3) is 15.9 Å². The van der Waals surface area contributed by atoms with Gasteiger partial charge in [-0.3, -0.25) is 9.10 Å². The summed E-state index contributed by atoms with van der Waals surface area (Å²) < 4.78 is 30.1. The number of rotatable bonds is 8. The monoisotopic (exact) mass is 452 g/mol. The molecule has 1 aliphatic rings. The molecular weight excluding hydrogens is 424 g/mol. The number of nitrogens with one attached hydrogen (secondary N) is 1. The molecule has 0 bridgehead atoms. The van der Waals surface area contributed by atoms with Gasteiger partial charge in [-0.2, -0.15) is 5.10 Å². The summed E-state index contributed by atoms with van der Waals surface area (Å²) in [4.78, 5) is 13.1. The Bertz CT molecular complexity index is 1220. The second kappa shape index (κ2) is 8.78. The second-order valence-electron chi connectivity index (χ2n) is 8.18. The Hall–Kier alpha value is -3.13. The van der Waals surface area contributed by atoms with Crippen molar-refractivity contribution in [1.29, 1.82) is 0 Å². The quantitative estimate of drug-likeness (QED) is 0.540. The Kier molecular flexibility index (Phi) is 6.06. The number of para-hydroxylation sites is 1. The molecule has 1 aromatic heterocycles. The molecule has 0 saturated heterocycles. The first-order valence-corrected chi connectivity index (χ1v) is 12.3. The second-order valence-corrected chi connectivity index (χ2v) is 10.0. The summed E-state index contributed by atoms with van der Waals surface area (Å²) in [7, 11) is -3.84. The molecule has 3 aromatic rings. The van der Waals surface area contributed by atoms with Crippen molar-refractivity contribution in [3.05, 3.63) is 71.9 Å². The summed E-state index contributed by atoms with van der Waals surface area (Å²) in [5.74, 6) is 0.826. The molecule has 0 spiro atoms. The third kappa shape index (κ3) is 4.27. The number of hydrogen-bond acceptors (Lipinski definition) is 4. The lowest BCUT2D eigenvalue weighted by Gasteiger charge is -2.24. The van der Waals surface area contributed by atoms with Crippen LogP contribution in [0.2, 0.25) is 0 Å². The van der Waals surface area contributed by atoms with Crippen LogP contribution >= 0.6 is 0 Å². The van der Waals surface area contributed by atoms with Crippen molar-refractivity contribution in [3.8, 4) is 0 Å². The fraction of sp³-hybridized carbons (Fsp3) is 0.333. The van der Waals surface area contributed by atoms with Crippen LogP contribution in [0.4, 0.5) is 11.5 Å². The van der Waals surface area contributed by atoms with Crippen LogP contribution in [0.5, 0.6) is 0 Å². The standard InChI is InChI=1S/C24H28N4O3S/c1-4-27(21-8-6-5-7-9-21)32(30,31)22-16-20(11-10-17(22)2)24(29)26-23-14-15-25-28(23)18(3)19-12-13-19/h5-11,14-16,18-19H,4,12-13H2,1-3H3,(H,26,29)/t18-/m1/s1. The number of carbonyl (C=O) groups is 1. The zero-order valence-corrected chi connectivity index (χ0v) is 19.3. The largest absolute Gasteiger partial charge is 0.307 e. The van der Waals surface area contributed by atoms with Crippen LogP contribution in [-0.4, -0.2) is 30.7 Å². The fourth-order valence-electron chi connectivity index (χ4n) is 3.93. The molecule has 8 heteroatoms. The van der Waals surface area contributed by atoms with E-state index in [9.17, 15) is 13.2 Å². The number of carbonyl (C=O) groups excluding carboxylic acids is 1. The summed E-state index contributed by atoms with van der Waals surface area (Å²) >= 11 is 0. The topological polar surface area (TPSA) is 84.3 Å². The maximum absolute atomic E-state index is 13.5. The van der Waals surface area contributed by atoms with Gasteiger partial charge in [0.05, 0.1) is 22.8 Å². The molecule has 7 nitrogen and oxygen atoms in total. The van der Waals surface area contributed by atoms with E-state index in [4.69, 9.17) is 0 Å². The van der Waals surface area contributed by atoms with Crippen LogP contribution in [0, 0.1) is 12.8 Å². The normalized spacial score (nSPS) is 14.7. The molecule has 1 heterocycles. The first kappa shape index (κ1) is 22.1. The van der Waals surface area contributed by atoms with Gasteiger partial charge >= 0.3 is 0 Å². The summed E-state index contributed by atoms with van der Waals surface area (Å²) in [6, 6.07) is 15.7. The number of hydrogen-bond donors (Lipinski definition) is 1. The highest BCUT2D eigenvalue weighted by Crippen LogP contribution is 2.40. The average molecular weight is 453 g/mol. The maximum Gasteiger partial charge on any atom is 0.264 e. The number of amides is 1. The number of sulfonamides is 1. The van der Waals surface area contributed by atoms with E-state index in [0.717, 1.165) is 0 Å². The minimum atomic E-state index is -3.84. The van der Waals surface area contributed by atoms with Gasteiger partial charge in [-0.15, -0.1) is 0 Å². The van der Waals surface area contributed by atoms with Crippen LogP contribution in [0.15, 0.2) is 65.7 Å². The summed E-state index contributed by atoms with van der Waals surface area (Å²) in [5, 5.41) is 7.26. The van der Waals surface area contributed by atoms with E-state index < -0.39 is 10.0 Å². The van der Waals surface area contributed by atoms with E-state index in [1.54, 1.807) is 62.5 Å². The van der Waals surface area contributed by atoms with Crippen LogP contribution in [0.3, 0.4) is 0 Å². The molecule has 4 rings (SSSR count). The van der Waals surface area contributed by atoms with Gasteiger partial charge in [0.15, 0.2) is 0 Å². The molecule has 0 unspecified atom stereocenters. The number of benzene rings is 2. The van der Waals surface area contributed by atoms with Crippen molar-refractivity contribution in [2.45, 2.75) is 44.6 Å². The molecule has 1 fully saturated rings. The lowest BCUT2D eigenvalue weighted by Crippen LogP contribution is -2.31.